The standard InChI is InChI=1S/C14H18N2O4S/c1-9(2)21(19,20)16-14(18)11-5-3-4-10(8-11)13(17)15-12-6-7-12/h3-5,8-9,12H,6-7H2,1-2H3,(H,15,17)(H,16,18). The molecule has 1 aliphatic carbocycles. The van der Waals surface area contributed by atoms with Crippen LogP contribution in [0.25, 0.3) is 0 Å². The molecule has 2 N–H and O–H groups in total. The fourth-order valence-corrected chi connectivity index (χ4v) is 2.22. The van der Waals surface area contributed by atoms with Crippen molar-refractivity contribution in [2.24, 2.45) is 0 Å². The van der Waals surface area contributed by atoms with Gasteiger partial charge in [-0.15, -0.1) is 0 Å². The minimum absolute atomic E-state index is 0.141. The van der Waals surface area contributed by atoms with Crippen LogP contribution in [0.2, 0.25) is 0 Å². The predicted molar refractivity (Wildman–Crippen MR) is 78.5 cm³/mol. The van der Waals surface area contributed by atoms with E-state index in [1.54, 1.807) is 12.1 Å². The molecule has 1 aliphatic rings. The number of hydrogen-bond donors (Lipinski definition) is 2. The van der Waals surface area contributed by atoms with Gasteiger partial charge in [0.15, 0.2) is 0 Å². The third kappa shape index (κ3) is 4.04. The Hall–Kier alpha value is -1.89. The summed E-state index contributed by atoms with van der Waals surface area (Å²) in [4.78, 5) is 23.9. The fraction of sp³-hybridized carbons (Fsp3) is 0.429. The number of nitrogens with one attached hydrogen (secondary N) is 2. The van der Waals surface area contributed by atoms with Crippen molar-refractivity contribution in [3.63, 3.8) is 0 Å². The zero-order valence-electron chi connectivity index (χ0n) is 11.9. The molecular formula is C14H18N2O4S. The van der Waals surface area contributed by atoms with Crippen molar-refractivity contribution in [3.05, 3.63) is 35.4 Å². The zero-order valence-corrected chi connectivity index (χ0v) is 12.7. The first-order valence-electron chi connectivity index (χ1n) is 6.76. The molecule has 0 atom stereocenters. The van der Waals surface area contributed by atoms with Crippen molar-refractivity contribution >= 4 is 21.8 Å². The fourth-order valence-electron chi connectivity index (χ4n) is 1.60. The van der Waals surface area contributed by atoms with E-state index in [2.05, 4.69) is 5.32 Å². The summed E-state index contributed by atoms with van der Waals surface area (Å²) in [5.74, 6) is -0.983. The monoisotopic (exact) mass is 310 g/mol. The zero-order chi connectivity index (χ0) is 15.6. The molecule has 6 nitrogen and oxygen atoms in total. The lowest BCUT2D eigenvalue weighted by molar-refractivity contribution is 0.0951. The summed E-state index contributed by atoms with van der Waals surface area (Å²) in [7, 11) is -3.69. The van der Waals surface area contributed by atoms with Gasteiger partial charge in [-0.1, -0.05) is 6.07 Å². The second-order valence-electron chi connectivity index (χ2n) is 5.35. The van der Waals surface area contributed by atoms with E-state index in [0.29, 0.717) is 5.56 Å². The van der Waals surface area contributed by atoms with E-state index in [1.165, 1.54) is 26.0 Å². The van der Waals surface area contributed by atoms with Crippen molar-refractivity contribution in [1.82, 2.24) is 10.0 Å². The van der Waals surface area contributed by atoms with Gasteiger partial charge in [0, 0.05) is 17.2 Å². The average molecular weight is 310 g/mol. The first-order valence-corrected chi connectivity index (χ1v) is 8.31. The molecule has 0 aromatic heterocycles. The van der Waals surface area contributed by atoms with Crippen LogP contribution >= 0.6 is 0 Å². The topological polar surface area (TPSA) is 92.3 Å². The molecule has 1 saturated carbocycles. The van der Waals surface area contributed by atoms with Gasteiger partial charge in [-0.25, -0.2) is 13.1 Å². The van der Waals surface area contributed by atoms with Crippen LogP contribution in [-0.4, -0.2) is 31.5 Å². The molecule has 0 aliphatic heterocycles. The number of rotatable bonds is 5. The highest BCUT2D eigenvalue weighted by molar-refractivity contribution is 7.90. The smallest absolute Gasteiger partial charge is 0.264 e. The van der Waals surface area contributed by atoms with Gasteiger partial charge in [-0.3, -0.25) is 9.59 Å². The minimum Gasteiger partial charge on any atom is -0.349 e. The lowest BCUT2D eigenvalue weighted by Crippen LogP contribution is -2.36. The van der Waals surface area contributed by atoms with E-state index < -0.39 is 21.2 Å². The maximum Gasteiger partial charge on any atom is 0.264 e. The van der Waals surface area contributed by atoms with Crippen molar-refractivity contribution in [2.45, 2.75) is 38.0 Å². The predicted octanol–water partition coefficient (Wildman–Crippen LogP) is 1.05. The molecule has 114 valence electrons. The second-order valence-corrected chi connectivity index (χ2v) is 7.59. The molecule has 0 radical (unpaired) electrons. The van der Waals surface area contributed by atoms with E-state index in [9.17, 15) is 18.0 Å². The van der Waals surface area contributed by atoms with Crippen molar-refractivity contribution in [2.75, 3.05) is 0 Å². The summed E-state index contributed by atoms with van der Waals surface area (Å²) in [5.41, 5.74) is 0.485. The van der Waals surface area contributed by atoms with E-state index in [-0.39, 0.29) is 17.5 Å². The molecule has 1 aromatic carbocycles. The minimum atomic E-state index is -3.69. The number of sulfonamides is 1. The molecule has 21 heavy (non-hydrogen) atoms. The van der Waals surface area contributed by atoms with Crippen LogP contribution in [0.4, 0.5) is 0 Å². The Labute approximate surface area is 124 Å². The molecule has 0 unspecified atom stereocenters. The van der Waals surface area contributed by atoms with Crippen LogP contribution < -0.4 is 10.0 Å². The average Bonchev–Trinajstić information content (AvgIpc) is 3.22. The van der Waals surface area contributed by atoms with Gasteiger partial charge in [0.25, 0.3) is 11.8 Å². The second kappa shape index (κ2) is 5.85. The maximum atomic E-state index is 12.0. The third-order valence-electron chi connectivity index (χ3n) is 3.16. The molecule has 0 saturated heterocycles. The molecule has 0 bridgehead atoms. The van der Waals surface area contributed by atoms with Gasteiger partial charge < -0.3 is 5.32 Å². The highest BCUT2D eigenvalue weighted by Gasteiger charge is 2.24. The van der Waals surface area contributed by atoms with Gasteiger partial charge in [0.2, 0.25) is 10.0 Å². The SMILES string of the molecule is CC(C)S(=O)(=O)NC(=O)c1cccc(C(=O)NC2CC2)c1. The summed E-state index contributed by atoms with van der Waals surface area (Å²) >= 11 is 0. The van der Waals surface area contributed by atoms with E-state index in [1.807, 2.05) is 4.72 Å². The van der Waals surface area contributed by atoms with Gasteiger partial charge in [0.05, 0.1) is 5.25 Å². The summed E-state index contributed by atoms with van der Waals surface area (Å²) < 4.78 is 25.3. The van der Waals surface area contributed by atoms with Crippen LogP contribution in [0.5, 0.6) is 0 Å². The van der Waals surface area contributed by atoms with Crippen LogP contribution in [0.1, 0.15) is 47.4 Å². The summed E-state index contributed by atoms with van der Waals surface area (Å²) in [6, 6.07) is 6.22. The number of hydrogen-bond acceptors (Lipinski definition) is 4. The Morgan fingerprint density at radius 1 is 1.14 bits per heavy atom. The molecular weight excluding hydrogens is 292 g/mol. The Morgan fingerprint density at radius 2 is 1.71 bits per heavy atom. The third-order valence-corrected chi connectivity index (χ3v) is 4.87. The first kappa shape index (κ1) is 15.5. The van der Waals surface area contributed by atoms with E-state index in [0.717, 1.165) is 12.8 Å². The van der Waals surface area contributed by atoms with Crippen molar-refractivity contribution < 1.29 is 18.0 Å². The maximum absolute atomic E-state index is 12.0. The largest absolute Gasteiger partial charge is 0.349 e. The number of carbonyl (C=O) groups is 2. The summed E-state index contributed by atoms with van der Waals surface area (Å²) in [6.45, 7) is 2.96. The van der Waals surface area contributed by atoms with Gasteiger partial charge >= 0.3 is 0 Å². The highest BCUT2D eigenvalue weighted by Crippen LogP contribution is 2.19. The Bertz CT molecular complexity index is 663. The normalized spacial score (nSPS) is 14.8. The summed E-state index contributed by atoms with van der Waals surface area (Å²) in [5, 5.41) is 2.11. The van der Waals surface area contributed by atoms with Crippen molar-refractivity contribution in [1.29, 1.82) is 0 Å². The number of benzene rings is 1. The van der Waals surface area contributed by atoms with E-state index >= 15 is 0 Å². The number of amides is 2. The Kier molecular flexibility index (Phi) is 4.32. The Balaban J connectivity index is 2.12. The molecule has 0 heterocycles. The van der Waals surface area contributed by atoms with Gasteiger partial charge in [-0.05, 0) is 44.9 Å². The van der Waals surface area contributed by atoms with Crippen LogP contribution in [-0.2, 0) is 10.0 Å². The molecule has 2 amide bonds. The van der Waals surface area contributed by atoms with Gasteiger partial charge in [-0.2, -0.15) is 0 Å². The quantitative estimate of drug-likeness (QED) is 0.850. The lowest BCUT2D eigenvalue weighted by Gasteiger charge is -2.10. The number of carbonyl (C=O) groups excluding carboxylic acids is 2. The molecule has 1 aromatic rings. The van der Waals surface area contributed by atoms with Crippen LogP contribution in [0.15, 0.2) is 24.3 Å². The molecule has 1 fully saturated rings. The first-order chi connectivity index (χ1) is 9.79. The van der Waals surface area contributed by atoms with Gasteiger partial charge in [0.1, 0.15) is 0 Å². The van der Waals surface area contributed by atoms with E-state index in [4.69, 9.17) is 0 Å². The summed E-state index contributed by atoms with van der Waals surface area (Å²) in [6.07, 6.45) is 1.94. The molecule has 0 spiro atoms. The van der Waals surface area contributed by atoms with Crippen molar-refractivity contribution in [3.8, 4) is 0 Å². The molecule has 7 heteroatoms. The highest BCUT2D eigenvalue weighted by atomic mass is 32.2. The Morgan fingerprint density at radius 3 is 2.24 bits per heavy atom. The van der Waals surface area contributed by atoms with Crippen LogP contribution in [0, 0.1) is 0 Å². The van der Waals surface area contributed by atoms with Crippen LogP contribution in [0.3, 0.4) is 0 Å². The lowest BCUT2D eigenvalue weighted by atomic mass is 10.1. The molecule has 2 rings (SSSR count).